The SMILES string of the molecule is COc1cc(CNCC(=O)N2CCCC2)cc(Br)c1O. The highest BCUT2D eigenvalue weighted by molar-refractivity contribution is 9.10. The van der Waals surface area contributed by atoms with Crippen molar-refractivity contribution in [1.82, 2.24) is 10.2 Å². The van der Waals surface area contributed by atoms with Crippen molar-refractivity contribution in [2.45, 2.75) is 19.4 Å². The summed E-state index contributed by atoms with van der Waals surface area (Å²) >= 11 is 3.28. The quantitative estimate of drug-likeness (QED) is 0.857. The Morgan fingerprint density at radius 3 is 2.80 bits per heavy atom. The Balaban J connectivity index is 1.87. The maximum atomic E-state index is 11.9. The third-order valence-electron chi connectivity index (χ3n) is 3.37. The Kier molecular flexibility index (Phi) is 5.25. The third-order valence-corrected chi connectivity index (χ3v) is 3.98. The number of ether oxygens (including phenoxy) is 1. The number of aromatic hydroxyl groups is 1. The number of methoxy groups -OCH3 is 1. The molecule has 0 aromatic heterocycles. The van der Waals surface area contributed by atoms with Crippen LogP contribution in [0.15, 0.2) is 16.6 Å². The number of rotatable bonds is 5. The molecule has 1 aromatic carbocycles. The van der Waals surface area contributed by atoms with E-state index in [1.54, 1.807) is 6.07 Å². The van der Waals surface area contributed by atoms with Gasteiger partial charge in [0, 0.05) is 19.6 Å². The van der Waals surface area contributed by atoms with E-state index >= 15 is 0 Å². The van der Waals surface area contributed by atoms with Gasteiger partial charge < -0.3 is 20.1 Å². The van der Waals surface area contributed by atoms with Crippen LogP contribution >= 0.6 is 15.9 Å². The minimum absolute atomic E-state index is 0.0874. The van der Waals surface area contributed by atoms with Crippen LogP contribution in [0.3, 0.4) is 0 Å². The molecule has 0 radical (unpaired) electrons. The van der Waals surface area contributed by atoms with Crippen molar-refractivity contribution in [1.29, 1.82) is 0 Å². The summed E-state index contributed by atoms with van der Waals surface area (Å²) in [6.07, 6.45) is 2.21. The van der Waals surface area contributed by atoms with E-state index in [0.29, 0.717) is 23.3 Å². The van der Waals surface area contributed by atoms with Gasteiger partial charge >= 0.3 is 0 Å². The number of carbonyl (C=O) groups excluding carboxylic acids is 1. The lowest BCUT2D eigenvalue weighted by Crippen LogP contribution is -2.35. The maximum Gasteiger partial charge on any atom is 0.236 e. The van der Waals surface area contributed by atoms with Crippen molar-refractivity contribution in [3.05, 3.63) is 22.2 Å². The minimum Gasteiger partial charge on any atom is -0.503 e. The van der Waals surface area contributed by atoms with E-state index in [-0.39, 0.29) is 11.7 Å². The number of phenols is 1. The van der Waals surface area contributed by atoms with E-state index < -0.39 is 0 Å². The zero-order chi connectivity index (χ0) is 14.5. The fourth-order valence-electron chi connectivity index (χ4n) is 2.28. The Morgan fingerprint density at radius 2 is 2.15 bits per heavy atom. The lowest BCUT2D eigenvalue weighted by Gasteiger charge is -2.15. The summed E-state index contributed by atoms with van der Waals surface area (Å²) < 4.78 is 5.68. The molecular weight excluding hydrogens is 324 g/mol. The molecule has 1 amide bonds. The van der Waals surface area contributed by atoms with Gasteiger partial charge in [-0.2, -0.15) is 0 Å². The average molecular weight is 343 g/mol. The fourth-order valence-corrected chi connectivity index (χ4v) is 2.77. The minimum atomic E-state index is 0.0874. The number of hydrogen-bond donors (Lipinski definition) is 2. The van der Waals surface area contributed by atoms with Crippen molar-refractivity contribution in [2.24, 2.45) is 0 Å². The molecule has 0 atom stereocenters. The van der Waals surface area contributed by atoms with Gasteiger partial charge in [0.1, 0.15) is 0 Å². The van der Waals surface area contributed by atoms with Gasteiger partial charge in [-0.1, -0.05) is 0 Å². The predicted octanol–water partition coefficient (Wildman–Crippen LogP) is 1.88. The highest BCUT2D eigenvalue weighted by atomic mass is 79.9. The average Bonchev–Trinajstić information content (AvgIpc) is 2.96. The second-order valence-corrected chi connectivity index (χ2v) is 5.67. The van der Waals surface area contributed by atoms with Crippen molar-refractivity contribution < 1.29 is 14.6 Å². The molecule has 5 nitrogen and oxygen atoms in total. The van der Waals surface area contributed by atoms with E-state index in [9.17, 15) is 9.90 Å². The molecule has 2 N–H and O–H groups in total. The topological polar surface area (TPSA) is 61.8 Å². The molecule has 0 saturated carbocycles. The van der Waals surface area contributed by atoms with Crippen molar-refractivity contribution in [3.63, 3.8) is 0 Å². The molecule has 1 fully saturated rings. The molecule has 1 heterocycles. The van der Waals surface area contributed by atoms with E-state index in [1.165, 1.54) is 7.11 Å². The van der Waals surface area contributed by atoms with E-state index in [2.05, 4.69) is 21.2 Å². The highest BCUT2D eigenvalue weighted by Crippen LogP contribution is 2.35. The summed E-state index contributed by atoms with van der Waals surface area (Å²) in [5.41, 5.74) is 0.945. The van der Waals surface area contributed by atoms with Gasteiger partial charge in [-0.15, -0.1) is 0 Å². The van der Waals surface area contributed by atoms with Gasteiger partial charge in [-0.25, -0.2) is 0 Å². The van der Waals surface area contributed by atoms with Crippen LogP contribution in [-0.4, -0.2) is 42.7 Å². The number of nitrogens with one attached hydrogen (secondary N) is 1. The molecule has 1 aliphatic heterocycles. The maximum absolute atomic E-state index is 11.9. The Morgan fingerprint density at radius 1 is 1.45 bits per heavy atom. The first-order chi connectivity index (χ1) is 9.61. The van der Waals surface area contributed by atoms with E-state index in [1.807, 2.05) is 11.0 Å². The van der Waals surface area contributed by atoms with Gasteiger partial charge in [0.05, 0.1) is 18.1 Å². The van der Waals surface area contributed by atoms with Gasteiger partial charge in [-0.05, 0) is 46.5 Å². The number of phenolic OH excluding ortho intramolecular Hbond substituents is 1. The number of benzene rings is 1. The highest BCUT2D eigenvalue weighted by Gasteiger charge is 2.17. The third kappa shape index (κ3) is 3.64. The smallest absolute Gasteiger partial charge is 0.236 e. The van der Waals surface area contributed by atoms with Crippen LogP contribution in [-0.2, 0) is 11.3 Å². The van der Waals surface area contributed by atoms with Crippen LogP contribution in [0.4, 0.5) is 0 Å². The number of amides is 1. The van der Waals surface area contributed by atoms with Crippen molar-refractivity contribution in [3.8, 4) is 11.5 Å². The molecule has 0 bridgehead atoms. The second kappa shape index (κ2) is 6.95. The second-order valence-electron chi connectivity index (χ2n) is 4.82. The number of hydrogen-bond acceptors (Lipinski definition) is 4. The van der Waals surface area contributed by atoms with Crippen molar-refractivity contribution in [2.75, 3.05) is 26.7 Å². The van der Waals surface area contributed by atoms with Crippen LogP contribution < -0.4 is 10.1 Å². The molecule has 0 aliphatic carbocycles. The molecule has 1 saturated heterocycles. The molecule has 0 spiro atoms. The monoisotopic (exact) mass is 342 g/mol. The summed E-state index contributed by atoms with van der Waals surface area (Å²) in [5.74, 6) is 0.652. The first-order valence-electron chi connectivity index (χ1n) is 6.65. The first kappa shape index (κ1) is 15.1. The van der Waals surface area contributed by atoms with Crippen LogP contribution in [0.2, 0.25) is 0 Å². The Hall–Kier alpha value is -1.27. The van der Waals surface area contributed by atoms with Gasteiger partial charge in [0.2, 0.25) is 5.91 Å². The summed E-state index contributed by atoms with van der Waals surface area (Å²) in [7, 11) is 1.51. The lowest BCUT2D eigenvalue weighted by molar-refractivity contribution is -0.129. The number of likely N-dealkylation sites (tertiary alicyclic amines) is 1. The molecule has 2 rings (SSSR count). The molecule has 0 unspecified atom stereocenters. The van der Waals surface area contributed by atoms with Gasteiger partial charge in [0.25, 0.3) is 0 Å². The zero-order valence-electron chi connectivity index (χ0n) is 11.5. The molecule has 1 aliphatic rings. The van der Waals surface area contributed by atoms with Crippen LogP contribution in [0.25, 0.3) is 0 Å². The lowest BCUT2D eigenvalue weighted by atomic mass is 10.2. The largest absolute Gasteiger partial charge is 0.503 e. The fraction of sp³-hybridized carbons (Fsp3) is 0.500. The van der Waals surface area contributed by atoms with Gasteiger partial charge in [0.15, 0.2) is 11.5 Å². The summed E-state index contributed by atoms with van der Waals surface area (Å²) in [6.45, 7) is 2.63. The zero-order valence-corrected chi connectivity index (χ0v) is 13.1. The van der Waals surface area contributed by atoms with Gasteiger partial charge in [-0.3, -0.25) is 4.79 Å². The molecule has 110 valence electrons. The van der Waals surface area contributed by atoms with Crippen LogP contribution in [0, 0.1) is 0 Å². The Labute approximate surface area is 127 Å². The van der Waals surface area contributed by atoms with Crippen molar-refractivity contribution >= 4 is 21.8 Å². The predicted molar refractivity (Wildman–Crippen MR) is 79.9 cm³/mol. The molecular formula is C14H19BrN2O3. The Bertz CT molecular complexity index is 488. The standard InChI is InChI=1S/C14H19BrN2O3/c1-20-12-7-10(6-11(15)14(12)19)8-16-9-13(18)17-4-2-3-5-17/h6-7,16,19H,2-5,8-9H2,1H3. The van der Waals surface area contributed by atoms with Crippen LogP contribution in [0.1, 0.15) is 18.4 Å². The number of carbonyl (C=O) groups is 1. The molecule has 1 aromatic rings. The van der Waals surface area contributed by atoms with E-state index in [4.69, 9.17) is 4.74 Å². The van der Waals surface area contributed by atoms with E-state index in [0.717, 1.165) is 31.5 Å². The summed E-state index contributed by atoms with van der Waals surface area (Å²) in [6, 6.07) is 3.57. The number of nitrogens with zero attached hydrogens (tertiary/aromatic N) is 1. The van der Waals surface area contributed by atoms with Crippen LogP contribution in [0.5, 0.6) is 11.5 Å². The number of halogens is 1. The molecule has 20 heavy (non-hydrogen) atoms. The normalized spacial score (nSPS) is 14.6. The first-order valence-corrected chi connectivity index (χ1v) is 7.45. The molecule has 6 heteroatoms. The summed E-state index contributed by atoms with van der Waals surface area (Å²) in [4.78, 5) is 13.8. The summed E-state index contributed by atoms with van der Waals surface area (Å²) in [5, 5.41) is 12.9.